The summed E-state index contributed by atoms with van der Waals surface area (Å²) >= 11 is 0. The molecule has 1 aromatic carbocycles. The first-order chi connectivity index (χ1) is 13.8. The van der Waals surface area contributed by atoms with Crippen molar-refractivity contribution in [3.05, 3.63) is 64.7 Å². The molecule has 1 aliphatic rings. The Balaban J connectivity index is 1.60. The molecule has 0 radical (unpaired) electrons. The number of nitrogens with zero attached hydrogens (tertiary/aromatic N) is 5. The molecule has 0 spiro atoms. The standard InChI is InChI=1S/C21H24N6O/c1-2-7-17-18(16-8-4-3-5-9-16)24-21(25-19(17)28)27-14-12-26(13-15-27)20-22-10-6-11-23-20/h3-6,8-11H,2,7,12-15H2,1H3,(H,24,25,28). The fraction of sp³-hybridized carbons (Fsp3) is 0.333. The normalized spacial score (nSPS) is 14.3. The number of benzene rings is 1. The third-order valence-corrected chi connectivity index (χ3v) is 4.96. The average Bonchev–Trinajstić information content (AvgIpc) is 2.76. The molecule has 7 heteroatoms. The number of nitrogens with one attached hydrogen (secondary N) is 1. The maximum Gasteiger partial charge on any atom is 0.256 e. The summed E-state index contributed by atoms with van der Waals surface area (Å²) < 4.78 is 0. The van der Waals surface area contributed by atoms with Crippen LogP contribution in [-0.4, -0.2) is 46.1 Å². The van der Waals surface area contributed by atoms with Gasteiger partial charge in [-0.25, -0.2) is 15.0 Å². The summed E-state index contributed by atoms with van der Waals surface area (Å²) in [6.45, 7) is 5.15. The van der Waals surface area contributed by atoms with Crippen molar-refractivity contribution in [2.45, 2.75) is 19.8 Å². The minimum atomic E-state index is -0.0421. The lowest BCUT2D eigenvalue weighted by Crippen LogP contribution is -2.48. The highest BCUT2D eigenvalue weighted by atomic mass is 16.1. The number of anilines is 2. The quantitative estimate of drug-likeness (QED) is 0.737. The molecule has 0 bridgehead atoms. The molecule has 4 rings (SSSR count). The first-order valence-electron chi connectivity index (χ1n) is 9.72. The minimum Gasteiger partial charge on any atom is -0.339 e. The largest absolute Gasteiger partial charge is 0.339 e. The Bertz CT molecular complexity index is 965. The van der Waals surface area contributed by atoms with Gasteiger partial charge in [0.1, 0.15) is 0 Å². The van der Waals surface area contributed by atoms with E-state index in [0.29, 0.717) is 12.4 Å². The van der Waals surface area contributed by atoms with Gasteiger partial charge >= 0.3 is 0 Å². The van der Waals surface area contributed by atoms with E-state index in [1.165, 1.54) is 0 Å². The summed E-state index contributed by atoms with van der Waals surface area (Å²) in [7, 11) is 0. The van der Waals surface area contributed by atoms with Crippen LogP contribution >= 0.6 is 0 Å². The third-order valence-electron chi connectivity index (χ3n) is 4.96. The Labute approximate surface area is 164 Å². The van der Waals surface area contributed by atoms with E-state index in [4.69, 9.17) is 4.98 Å². The van der Waals surface area contributed by atoms with E-state index in [1.54, 1.807) is 12.4 Å². The number of aromatic nitrogens is 4. The van der Waals surface area contributed by atoms with Crippen molar-refractivity contribution >= 4 is 11.9 Å². The topological polar surface area (TPSA) is 78.0 Å². The Hall–Kier alpha value is -3.22. The zero-order valence-electron chi connectivity index (χ0n) is 16.0. The Morgan fingerprint density at radius 3 is 2.32 bits per heavy atom. The van der Waals surface area contributed by atoms with Crippen LogP contribution in [0.2, 0.25) is 0 Å². The summed E-state index contributed by atoms with van der Waals surface area (Å²) in [6.07, 6.45) is 5.13. The van der Waals surface area contributed by atoms with Crippen LogP contribution < -0.4 is 15.4 Å². The molecule has 1 N–H and O–H groups in total. The van der Waals surface area contributed by atoms with Crippen molar-refractivity contribution in [3.63, 3.8) is 0 Å². The molecule has 2 aromatic heterocycles. The Morgan fingerprint density at radius 2 is 1.64 bits per heavy atom. The maximum atomic E-state index is 12.8. The molecule has 7 nitrogen and oxygen atoms in total. The summed E-state index contributed by atoms with van der Waals surface area (Å²) in [5.41, 5.74) is 2.48. The zero-order valence-corrected chi connectivity index (χ0v) is 16.0. The first-order valence-corrected chi connectivity index (χ1v) is 9.72. The van der Waals surface area contributed by atoms with E-state index < -0.39 is 0 Å². The lowest BCUT2D eigenvalue weighted by Gasteiger charge is -2.35. The van der Waals surface area contributed by atoms with Gasteiger partial charge in [-0.15, -0.1) is 0 Å². The second-order valence-electron chi connectivity index (χ2n) is 6.86. The maximum absolute atomic E-state index is 12.8. The van der Waals surface area contributed by atoms with Gasteiger partial charge in [0.15, 0.2) is 0 Å². The fourth-order valence-electron chi connectivity index (χ4n) is 3.53. The van der Waals surface area contributed by atoms with Crippen molar-refractivity contribution in [3.8, 4) is 11.3 Å². The van der Waals surface area contributed by atoms with Crippen LogP contribution in [0, 0.1) is 0 Å². The lowest BCUT2D eigenvalue weighted by atomic mass is 10.0. The van der Waals surface area contributed by atoms with Crippen LogP contribution in [0.1, 0.15) is 18.9 Å². The second-order valence-corrected chi connectivity index (χ2v) is 6.86. The number of aromatic amines is 1. The molecule has 0 saturated carbocycles. The molecule has 0 atom stereocenters. The van der Waals surface area contributed by atoms with Gasteiger partial charge in [0, 0.05) is 49.7 Å². The SMILES string of the molecule is CCCc1c(-c2ccccc2)nc(N2CCN(c3ncccn3)CC2)[nH]c1=O. The van der Waals surface area contributed by atoms with Crippen LogP contribution in [0.3, 0.4) is 0 Å². The van der Waals surface area contributed by atoms with Gasteiger partial charge in [-0.3, -0.25) is 9.78 Å². The van der Waals surface area contributed by atoms with Gasteiger partial charge < -0.3 is 9.80 Å². The highest BCUT2D eigenvalue weighted by Crippen LogP contribution is 2.23. The highest BCUT2D eigenvalue weighted by Gasteiger charge is 2.22. The van der Waals surface area contributed by atoms with Crippen molar-refractivity contribution in [2.75, 3.05) is 36.0 Å². The number of rotatable bonds is 5. The zero-order chi connectivity index (χ0) is 19.3. The van der Waals surface area contributed by atoms with E-state index in [0.717, 1.165) is 55.4 Å². The smallest absolute Gasteiger partial charge is 0.256 e. The van der Waals surface area contributed by atoms with Crippen molar-refractivity contribution in [2.24, 2.45) is 0 Å². The van der Waals surface area contributed by atoms with Crippen molar-refractivity contribution in [1.82, 2.24) is 19.9 Å². The summed E-state index contributed by atoms with van der Waals surface area (Å²) in [5.74, 6) is 1.38. The Morgan fingerprint density at radius 1 is 0.964 bits per heavy atom. The molecule has 0 aliphatic carbocycles. The van der Waals surface area contributed by atoms with E-state index in [1.807, 2.05) is 36.4 Å². The number of piperazine rings is 1. The molecule has 1 fully saturated rings. The third kappa shape index (κ3) is 3.74. The second kappa shape index (κ2) is 8.21. The van der Waals surface area contributed by atoms with Crippen LogP contribution in [-0.2, 0) is 6.42 Å². The van der Waals surface area contributed by atoms with E-state index in [-0.39, 0.29) is 5.56 Å². The molecule has 3 heterocycles. The van der Waals surface area contributed by atoms with Gasteiger partial charge in [-0.1, -0.05) is 43.7 Å². The molecule has 144 valence electrons. The minimum absolute atomic E-state index is 0.0421. The predicted octanol–water partition coefficient (Wildman–Crippen LogP) is 2.51. The molecule has 28 heavy (non-hydrogen) atoms. The summed E-state index contributed by atoms with van der Waals surface area (Å²) in [5, 5.41) is 0. The van der Waals surface area contributed by atoms with E-state index in [2.05, 4.69) is 31.7 Å². The highest BCUT2D eigenvalue weighted by molar-refractivity contribution is 5.64. The van der Waals surface area contributed by atoms with Crippen LogP contribution in [0.15, 0.2) is 53.6 Å². The summed E-state index contributed by atoms with van der Waals surface area (Å²) in [6, 6.07) is 11.8. The monoisotopic (exact) mass is 376 g/mol. The van der Waals surface area contributed by atoms with Gasteiger partial charge in [-0.2, -0.15) is 0 Å². The first kappa shape index (κ1) is 18.2. The van der Waals surface area contributed by atoms with Crippen LogP contribution in [0.5, 0.6) is 0 Å². The van der Waals surface area contributed by atoms with E-state index in [9.17, 15) is 4.79 Å². The molecular formula is C21H24N6O. The van der Waals surface area contributed by atoms with Gasteiger partial charge in [0.05, 0.1) is 5.69 Å². The summed E-state index contributed by atoms with van der Waals surface area (Å²) in [4.78, 5) is 33.6. The molecular weight excluding hydrogens is 352 g/mol. The van der Waals surface area contributed by atoms with Gasteiger partial charge in [-0.05, 0) is 12.5 Å². The molecule has 1 saturated heterocycles. The van der Waals surface area contributed by atoms with Crippen molar-refractivity contribution < 1.29 is 0 Å². The number of hydrogen-bond acceptors (Lipinski definition) is 6. The van der Waals surface area contributed by atoms with Gasteiger partial charge in [0.2, 0.25) is 11.9 Å². The fourth-order valence-corrected chi connectivity index (χ4v) is 3.53. The van der Waals surface area contributed by atoms with E-state index >= 15 is 0 Å². The molecule has 3 aromatic rings. The lowest BCUT2D eigenvalue weighted by molar-refractivity contribution is 0.626. The van der Waals surface area contributed by atoms with Crippen LogP contribution in [0.4, 0.5) is 11.9 Å². The van der Waals surface area contributed by atoms with Crippen LogP contribution in [0.25, 0.3) is 11.3 Å². The number of hydrogen-bond donors (Lipinski definition) is 1. The molecule has 0 amide bonds. The Kier molecular flexibility index (Phi) is 5.32. The van der Waals surface area contributed by atoms with Crippen molar-refractivity contribution in [1.29, 1.82) is 0 Å². The number of H-pyrrole nitrogens is 1. The molecule has 0 unspecified atom stereocenters. The predicted molar refractivity (Wildman–Crippen MR) is 111 cm³/mol. The average molecular weight is 376 g/mol. The molecule has 1 aliphatic heterocycles. The van der Waals surface area contributed by atoms with Gasteiger partial charge in [0.25, 0.3) is 5.56 Å².